The lowest BCUT2D eigenvalue weighted by atomic mass is 9.65. The lowest BCUT2D eigenvalue weighted by molar-refractivity contribution is -0.118. The summed E-state index contributed by atoms with van der Waals surface area (Å²) in [4.78, 5) is 0. The molecule has 0 aromatic rings. The molecule has 1 fully saturated rings. The van der Waals surface area contributed by atoms with Gasteiger partial charge in [0.25, 0.3) is 0 Å². The van der Waals surface area contributed by atoms with E-state index in [-0.39, 0.29) is 11.5 Å². The van der Waals surface area contributed by atoms with Gasteiger partial charge in [-0.25, -0.2) is 0 Å². The average Bonchev–Trinajstić information content (AvgIpc) is 2.26. The minimum atomic E-state index is 0.121. The van der Waals surface area contributed by atoms with Crippen LogP contribution in [0.15, 0.2) is 0 Å². The van der Waals surface area contributed by atoms with Crippen molar-refractivity contribution in [2.24, 2.45) is 11.1 Å². The van der Waals surface area contributed by atoms with Gasteiger partial charge in [-0.15, -0.1) is 0 Å². The second kappa shape index (κ2) is 6.55. The number of hydrogen-bond acceptors (Lipinski definition) is 4. The molecule has 2 atom stereocenters. The first-order chi connectivity index (χ1) is 7.59. The fourth-order valence-corrected chi connectivity index (χ4v) is 1.86. The van der Waals surface area contributed by atoms with Gasteiger partial charge in [0.1, 0.15) is 0 Å². The van der Waals surface area contributed by atoms with Crippen LogP contribution < -0.4 is 5.73 Å². The highest BCUT2D eigenvalue weighted by molar-refractivity contribution is 5.00. The number of methoxy groups -OCH3 is 1. The molecule has 2 N–H and O–H groups in total. The molecule has 0 aromatic carbocycles. The molecule has 1 aliphatic rings. The third-order valence-electron chi connectivity index (χ3n) is 3.44. The summed E-state index contributed by atoms with van der Waals surface area (Å²) in [5, 5.41) is 0. The molecule has 0 aromatic heterocycles. The van der Waals surface area contributed by atoms with Crippen molar-refractivity contribution in [2.45, 2.75) is 38.8 Å². The summed E-state index contributed by atoms with van der Waals surface area (Å²) >= 11 is 0. The summed E-state index contributed by atoms with van der Waals surface area (Å²) in [5.41, 5.74) is 6.03. The minimum absolute atomic E-state index is 0.121. The Labute approximate surface area is 98.4 Å². The van der Waals surface area contributed by atoms with Crippen LogP contribution in [-0.2, 0) is 14.2 Å². The van der Waals surface area contributed by atoms with Gasteiger partial charge < -0.3 is 19.9 Å². The minimum Gasteiger partial charge on any atom is -0.385 e. The Morgan fingerprint density at radius 1 is 1.19 bits per heavy atom. The average molecular weight is 231 g/mol. The Kier molecular flexibility index (Phi) is 5.69. The molecule has 0 bridgehead atoms. The summed E-state index contributed by atoms with van der Waals surface area (Å²) in [7, 11) is 1.70. The second-order valence-corrected chi connectivity index (χ2v) is 4.98. The smallest absolute Gasteiger partial charge is 0.0704 e. The fraction of sp³-hybridized carbons (Fsp3) is 1.00. The predicted octanol–water partition coefficient (Wildman–Crippen LogP) is 1.18. The third kappa shape index (κ3) is 3.70. The van der Waals surface area contributed by atoms with Crippen molar-refractivity contribution in [3.63, 3.8) is 0 Å². The Balaban J connectivity index is 1.93. The highest BCUT2D eigenvalue weighted by Gasteiger charge is 2.46. The molecule has 0 amide bonds. The first-order valence-corrected chi connectivity index (χ1v) is 6.03. The van der Waals surface area contributed by atoms with Crippen LogP contribution in [0.4, 0.5) is 0 Å². The molecule has 1 saturated carbocycles. The quantitative estimate of drug-likeness (QED) is 0.637. The molecule has 4 heteroatoms. The number of nitrogens with two attached hydrogens (primary N) is 1. The van der Waals surface area contributed by atoms with E-state index in [9.17, 15) is 0 Å². The largest absolute Gasteiger partial charge is 0.385 e. The summed E-state index contributed by atoms with van der Waals surface area (Å²) in [5.74, 6) is 0. The molecule has 96 valence electrons. The standard InChI is InChI=1S/C12H25NO3/c1-12(2)10(13)9-11(12)16-8-7-15-6-4-5-14-3/h10-11H,4-9,13H2,1-3H3. The van der Waals surface area contributed by atoms with E-state index in [0.717, 1.165) is 26.1 Å². The zero-order valence-corrected chi connectivity index (χ0v) is 10.7. The van der Waals surface area contributed by atoms with Gasteiger partial charge >= 0.3 is 0 Å². The van der Waals surface area contributed by atoms with E-state index in [2.05, 4.69) is 13.8 Å². The van der Waals surface area contributed by atoms with Gasteiger partial charge in [-0.2, -0.15) is 0 Å². The zero-order chi connectivity index (χ0) is 12.0. The SMILES string of the molecule is COCCCOCCOC1CC(N)C1(C)C. The molecule has 0 heterocycles. The van der Waals surface area contributed by atoms with Crippen LogP contribution >= 0.6 is 0 Å². The van der Waals surface area contributed by atoms with Gasteiger partial charge in [0, 0.05) is 31.8 Å². The topological polar surface area (TPSA) is 53.7 Å². The van der Waals surface area contributed by atoms with Crippen LogP contribution in [0.5, 0.6) is 0 Å². The number of rotatable bonds is 8. The molecular formula is C12H25NO3. The van der Waals surface area contributed by atoms with Gasteiger partial charge in [0.05, 0.1) is 19.3 Å². The van der Waals surface area contributed by atoms with Crippen LogP contribution in [0, 0.1) is 5.41 Å². The van der Waals surface area contributed by atoms with Crippen molar-refractivity contribution in [2.75, 3.05) is 33.5 Å². The van der Waals surface area contributed by atoms with Crippen molar-refractivity contribution in [3.8, 4) is 0 Å². The highest BCUT2D eigenvalue weighted by Crippen LogP contribution is 2.41. The summed E-state index contributed by atoms with van der Waals surface area (Å²) < 4.78 is 16.1. The maximum Gasteiger partial charge on any atom is 0.0704 e. The Morgan fingerprint density at radius 2 is 1.94 bits per heavy atom. The fourth-order valence-electron chi connectivity index (χ4n) is 1.86. The first-order valence-electron chi connectivity index (χ1n) is 6.03. The maximum absolute atomic E-state index is 5.91. The Morgan fingerprint density at radius 3 is 2.50 bits per heavy atom. The Bertz CT molecular complexity index is 197. The van der Waals surface area contributed by atoms with Crippen LogP contribution in [0.1, 0.15) is 26.7 Å². The van der Waals surface area contributed by atoms with Gasteiger partial charge in [-0.3, -0.25) is 0 Å². The van der Waals surface area contributed by atoms with E-state index in [1.165, 1.54) is 0 Å². The van der Waals surface area contributed by atoms with Crippen molar-refractivity contribution in [3.05, 3.63) is 0 Å². The summed E-state index contributed by atoms with van der Waals surface area (Å²) in [6.07, 6.45) is 2.21. The molecule has 0 saturated heterocycles. The first kappa shape index (κ1) is 13.9. The monoisotopic (exact) mass is 231 g/mol. The van der Waals surface area contributed by atoms with Crippen LogP contribution in [0.2, 0.25) is 0 Å². The van der Waals surface area contributed by atoms with Crippen molar-refractivity contribution < 1.29 is 14.2 Å². The van der Waals surface area contributed by atoms with Gasteiger partial charge in [-0.1, -0.05) is 13.8 Å². The molecule has 0 aliphatic heterocycles. The van der Waals surface area contributed by atoms with E-state index in [0.29, 0.717) is 19.3 Å². The highest BCUT2D eigenvalue weighted by atomic mass is 16.5. The van der Waals surface area contributed by atoms with Crippen molar-refractivity contribution >= 4 is 0 Å². The van der Waals surface area contributed by atoms with Gasteiger partial charge in [0.15, 0.2) is 0 Å². The molecule has 2 unspecified atom stereocenters. The molecule has 1 rings (SSSR count). The van der Waals surface area contributed by atoms with Gasteiger partial charge in [0.2, 0.25) is 0 Å². The van der Waals surface area contributed by atoms with E-state index < -0.39 is 0 Å². The lowest BCUT2D eigenvalue weighted by Gasteiger charge is -2.49. The van der Waals surface area contributed by atoms with Crippen LogP contribution in [0.3, 0.4) is 0 Å². The number of ether oxygens (including phenoxy) is 3. The maximum atomic E-state index is 5.91. The van der Waals surface area contributed by atoms with Crippen molar-refractivity contribution in [1.82, 2.24) is 0 Å². The normalized spacial score (nSPS) is 27.8. The zero-order valence-electron chi connectivity index (χ0n) is 10.7. The summed E-state index contributed by atoms with van der Waals surface area (Å²) in [6.45, 7) is 7.13. The molecule has 16 heavy (non-hydrogen) atoms. The molecule has 4 nitrogen and oxygen atoms in total. The van der Waals surface area contributed by atoms with Crippen LogP contribution in [-0.4, -0.2) is 45.7 Å². The van der Waals surface area contributed by atoms with Crippen LogP contribution in [0.25, 0.3) is 0 Å². The van der Waals surface area contributed by atoms with E-state index in [4.69, 9.17) is 19.9 Å². The molecule has 0 radical (unpaired) electrons. The van der Waals surface area contributed by atoms with E-state index in [1.807, 2.05) is 0 Å². The molecular weight excluding hydrogens is 206 g/mol. The predicted molar refractivity (Wildman–Crippen MR) is 63.4 cm³/mol. The molecule has 1 aliphatic carbocycles. The summed E-state index contributed by atoms with van der Waals surface area (Å²) in [6, 6.07) is 0.278. The van der Waals surface area contributed by atoms with Crippen molar-refractivity contribution in [1.29, 1.82) is 0 Å². The lowest BCUT2D eigenvalue weighted by Crippen LogP contribution is -2.59. The third-order valence-corrected chi connectivity index (χ3v) is 3.44. The Hall–Kier alpha value is -0.160. The van der Waals surface area contributed by atoms with E-state index >= 15 is 0 Å². The number of hydrogen-bond donors (Lipinski definition) is 1. The van der Waals surface area contributed by atoms with Gasteiger partial charge in [-0.05, 0) is 12.8 Å². The second-order valence-electron chi connectivity index (χ2n) is 4.98. The molecule has 0 spiro atoms. The van der Waals surface area contributed by atoms with E-state index in [1.54, 1.807) is 7.11 Å².